The van der Waals surface area contributed by atoms with Gasteiger partial charge in [0.2, 0.25) is 18.0 Å². The van der Waals surface area contributed by atoms with Gasteiger partial charge in [-0.1, -0.05) is 25.4 Å². The van der Waals surface area contributed by atoms with E-state index in [1.54, 1.807) is 7.11 Å². The summed E-state index contributed by atoms with van der Waals surface area (Å²) in [6.07, 6.45) is 6.57. The van der Waals surface area contributed by atoms with E-state index in [9.17, 15) is 14.7 Å². The number of nitrogens with zero attached hydrogens (tertiary/aromatic N) is 4. The maximum absolute atomic E-state index is 12.1. The number of phenolic OH excluding ortho intramolecular Hbond substituents is 1. The number of aliphatic carboxylic acids is 1. The molecule has 0 radical (unpaired) electrons. The summed E-state index contributed by atoms with van der Waals surface area (Å²) in [7, 11) is -16.9. The van der Waals surface area contributed by atoms with Crippen LogP contribution >= 0.6 is 42.9 Å². The van der Waals surface area contributed by atoms with E-state index < -0.39 is 67.2 Å². The molecule has 36 heteroatoms. The Kier molecular flexibility index (Phi) is 25.2. The number of likely N-dealkylation sites (tertiary alicyclic amines) is 2. The van der Waals surface area contributed by atoms with E-state index in [0.717, 1.165) is 103 Å². The van der Waals surface area contributed by atoms with Gasteiger partial charge < -0.3 is 93.2 Å². The molecule has 6 saturated heterocycles. The minimum atomic E-state index is -4.64. The molecular formula is C48H72ClN5O26P4. The van der Waals surface area contributed by atoms with E-state index in [1.807, 2.05) is 44.2 Å². The summed E-state index contributed by atoms with van der Waals surface area (Å²) in [5, 5.41) is 25.3. The summed E-state index contributed by atoms with van der Waals surface area (Å²) in [5.41, 5.74) is 5.26. The quantitative estimate of drug-likeness (QED) is 0.0310. The molecule has 472 valence electrons. The number of aromatic nitrogens is 2. The number of phenols is 1. The summed E-state index contributed by atoms with van der Waals surface area (Å²) >= 11 is 6.32. The van der Waals surface area contributed by atoms with Gasteiger partial charge in [0.05, 0.1) is 36.7 Å². The Hall–Kier alpha value is -3.91. The maximum Gasteiger partial charge on any atom is 0.466 e. The highest BCUT2D eigenvalue weighted by atomic mass is 35.5. The summed E-state index contributed by atoms with van der Waals surface area (Å²) in [5.74, 6) is -0.879. The van der Waals surface area contributed by atoms with E-state index in [2.05, 4.69) is 34.2 Å². The lowest BCUT2D eigenvalue weighted by Gasteiger charge is -2.59. The summed E-state index contributed by atoms with van der Waals surface area (Å²) in [4.78, 5) is 135. The molecule has 7 aliphatic rings. The number of hydrogen-bond acceptors (Lipinski definition) is 18. The highest BCUT2D eigenvalue weighted by Gasteiger charge is 2.70. The van der Waals surface area contributed by atoms with Crippen molar-refractivity contribution in [2.75, 3.05) is 38.6 Å². The second kappa shape index (κ2) is 29.9. The van der Waals surface area contributed by atoms with Crippen molar-refractivity contribution < 1.29 is 126 Å². The number of esters is 1. The summed E-state index contributed by atoms with van der Waals surface area (Å²) < 4.78 is 58.8. The molecule has 84 heavy (non-hydrogen) atoms. The van der Waals surface area contributed by atoms with Crippen LogP contribution in [-0.2, 0) is 64.9 Å². The molecule has 11 rings (SSSR count). The largest absolute Gasteiger partial charge is 0.507 e. The Labute approximate surface area is 486 Å². The fourth-order valence-electron chi connectivity index (χ4n) is 11.0. The van der Waals surface area contributed by atoms with Crippen molar-refractivity contribution in [1.29, 1.82) is 0 Å². The Morgan fingerprint density at radius 1 is 0.726 bits per heavy atom. The van der Waals surface area contributed by atoms with Crippen LogP contribution in [0.25, 0.3) is 21.9 Å². The normalized spacial score (nSPS) is 25.7. The molecule has 2 aromatic heterocycles. The molecule has 0 unspecified atom stereocenters. The van der Waals surface area contributed by atoms with E-state index in [0.29, 0.717) is 29.0 Å². The standard InChI is InChI=1S/C29H32ClN5O2.C19H28O8.4H3O4P/c1-37-26-9-8-24-28(33-26)27(23-7-6-21(30)16-25(23)32-24)31-22-14-19(17-34-10-2-3-11-34)29(36)20(15-22)18-35-12-4-5-13-35;1-10-4-5-13-11(2)16(23-15(22)7-6-14(20)21)24-17-19(13)12(10)8-9-18(3,25-17)26-27-19;4*1-5(2,3)4/h6-9,14-16,36H,2-5,10-13,17-18H2,1H3,(H,31,32);10-13,16-17H,4-9H2,1-3H3,(H,20,21);4*(H3,1,2,3,4)/t;10-,11-,12+,13+,16-,17-,18-,19-;;;;/m.1..../s1. The number of fused-ring (bicyclic) bond motifs is 4. The minimum absolute atomic E-state index is 0.0670. The molecule has 2 bridgehead atoms. The molecule has 15 N–H and O–H groups in total. The van der Waals surface area contributed by atoms with Gasteiger partial charge in [-0.3, -0.25) is 19.4 Å². The van der Waals surface area contributed by atoms with Crippen LogP contribution in [0.4, 0.5) is 11.4 Å². The third-order valence-electron chi connectivity index (χ3n) is 14.4. The summed E-state index contributed by atoms with van der Waals surface area (Å²) in [6, 6.07) is 13.6. The van der Waals surface area contributed by atoms with Gasteiger partial charge in [-0.25, -0.2) is 38.0 Å². The SMILES string of the molecule is COc1ccc2nc3cc(Cl)ccc3c(Nc3cc(CN4CCCC4)c(O)c(CN4CCCC4)c3)c2n1.C[C@H]1[C@H](OC(=O)CCC(=O)O)O[C@@H]2O[C@@]3(C)CC[C@H]4[C@H](C)CC[C@@H]1[C@@]24OO3.O=P(O)(O)O.O=P(O)(O)O.O=P(O)(O)O.O=P(O)(O)O. The number of carboxylic acids is 1. The number of carboxylic acid groups (broad SMARTS) is 1. The average molecular weight is 1290 g/mol. The second-order valence-corrected chi connectivity index (χ2v) is 25.4. The smallest absolute Gasteiger partial charge is 0.466 e. The number of anilines is 2. The highest BCUT2D eigenvalue weighted by Crippen LogP contribution is 2.60. The number of nitrogens with one attached hydrogen (secondary N) is 1. The van der Waals surface area contributed by atoms with Crippen LogP contribution in [0.1, 0.15) is 96.1 Å². The van der Waals surface area contributed by atoms with Gasteiger partial charge in [0.15, 0.2) is 11.9 Å². The lowest BCUT2D eigenvalue weighted by atomic mass is 9.58. The van der Waals surface area contributed by atoms with Gasteiger partial charge in [-0.15, -0.1) is 0 Å². The molecule has 31 nitrogen and oxygen atoms in total. The molecule has 7 fully saturated rings. The first-order chi connectivity index (χ1) is 38.8. The Bertz CT molecular complexity index is 2950. The minimum Gasteiger partial charge on any atom is -0.507 e. The number of methoxy groups -OCH3 is 1. The molecule has 1 saturated carbocycles. The first-order valence-electron chi connectivity index (χ1n) is 26.1. The van der Waals surface area contributed by atoms with E-state index in [4.69, 9.17) is 132 Å². The molecule has 8 heterocycles. The third kappa shape index (κ3) is 22.4. The van der Waals surface area contributed by atoms with Gasteiger partial charge >= 0.3 is 43.2 Å². The zero-order chi connectivity index (χ0) is 62.8. The van der Waals surface area contributed by atoms with Gasteiger partial charge in [-0.2, -0.15) is 0 Å². The number of carbonyl (C=O) groups is 2. The number of hydrogen-bond donors (Lipinski definition) is 15. The van der Waals surface area contributed by atoms with Crippen LogP contribution in [-0.4, -0.2) is 158 Å². The van der Waals surface area contributed by atoms with Crippen molar-refractivity contribution in [3.05, 3.63) is 58.6 Å². The number of carbonyl (C=O) groups excluding carboxylic acids is 1. The van der Waals surface area contributed by atoms with Crippen molar-refractivity contribution in [1.82, 2.24) is 19.8 Å². The van der Waals surface area contributed by atoms with Crippen molar-refractivity contribution in [3.8, 4) is 11.6 Å². The van der Waals surface area contributed by atoms with Crippen LogP contribution in [0.3, 0.4) is 0 Å². The van der Waals surface area contributed by atoms with E-state index >= 15 is 0 Å². The second-order valence-electron chi connectivity index (χ2n) is 20.8. The van der Waals surface area contributed by atoms with E-state index in [-0.39, 0.29) is 30.6 Å². The lowest BCUT2D eigenvalue weighted by Crippen LogP contribution is -2.70. The van der Waals surface area contributed by atoms with Gasteiger partial charge in [0.1, 0.15) is 11.3 Å². The van der Waals surface area contributed by atoms with Crippen LogP contribution in [0, 0.1) is 23.7 Å². The van der Waals surface area contributed by atoms with Crippen molar-refractivity contribution in [2.24, 2.45) is 23.7 Å². The fraction of sp³-hybridized carbons (Fsp3) is 0.583. The maximum atomic E-state index is 12.1. The zero-order valence-corrected chi connectivity index (χ0v) is 50.3. The molecule has 2 aromatic carbocycles. The van der Waals surface area contributed by atoms with Crippen LogP contribution in [0.5, 0.6) is 11.6 Å². The number of halogens is 1. The number of aromatic hydroxyl groups is 1. The molecular weight excluding hydrogens is 1220 g/mol. The fourth-order valence-corrected chi connectivity index (χ4v) is 11.2. The first-order valence-corrected chi connectivity index (χ1v) is 32.7. The zero-order valence-electron chi connectivity index (χ0n) is 45.9. The Morgan fingerprint density at radius 2 is 1.26 bits per heavy atom. The number of ether oxygens (including phenoxy) is 4. The highest BCUT2D eigenvalue weighted by molar-refractivity contribution is 7.45. The van der Waals surface area contributed by atoms with E-state index in [1.165, 1.54) is 25.7 Å². The van der Waals surface area contributed by atoms with Gasteiger partial charge in [0, 0.05) is 64.6 Å². The van der Waals surface area contributed by atoms with Crippen LogP contribution in [0.15, 0.2) is 42.5 Å². The number of rotatable bonds is 11. The van der Waals surface area contributed by atoms with Crippen molar-refractivity contribution in [2.45, 2.75) is 122 Å². The average Bonchev–Trinajstić information content (AvgIpc) is 1.31. The van der Waals surface area contributed by atoms with Crippen molar-refractivity contribution in [3.63, 3.8) is 0 Å². The molecule has 1 aliphatic carbocycles. The van der Waals surface area contributed by atoms with Crippen molar-refractivity contribution >= 4 is 88.1 Å². The predicted octanol–water partition coefficient (Wildman–Crippen LogP) is 4.97. The number of phosphoric acid groups is 4. The topological polar surface area (TPSA) is 485 Å². The monoisotopic (exact) mass is 1290 g/mol. The molecule has 1 spiro atoms. The molecule has 0 amide bonds. The van der Waals surface area contributed by atoms with Gasteiger partial charge in [-0.05, 0) is 126 Å². The third-order valence-corrected chi connectivity index (χ3v) is 14.6. The lowest BCUT2D eigenvalue weighted by molar-refractivity contribution is -0.576. The number of pyridine rings is 2. The van der Waals surface area contributed by atoms with Crippen LogP contribution < -0.4 is 10.1 Å². The molecule has 4 aromatic rings. The van der Waals surface area contributed by atoms with Gasteiger partial charge in [0.25, 0.3) is 0 Å². The number of benzene rings is 2. The molecule has 6 aliphatic heterocycles. The predicted molar refractivity (Wildman–Crippen MR) is 296 cm³/mol. The summed E-state index contributed by atoms with van der Waals surface area (Å²) in [6.45, 7) is 11.8. The van der Waals surface area contributed by atoms with Crippen LogP contribution in [0.2, 0.25) is 5.02 Å². The Morgan fingerprint density at radius 3 is 1.77 bits per heavy atom. The Balaban J connectivity index is 0.000000238. The first kappa shape index (κ1) is 70.8. The molecule has 8 atom stereocenters.